The Hall–Kier alpha value is -2.41. The fourth-order valence-electron chi connectivity index (χ4n) is 3.44. The zero-order chi connectivity index (χ0) is 23.6. The van der Waals surface area contributed by atoms with E-state index in [1.807, 2.05) is 4.90 Å². The van der Waals surface area contributed by atoms with Crippen LogP contribution < -0.4 is 21.3 Å². The van der Waals surface area contributed by atoms with Crippen molar-refractivity contribution in [1.82, 2.24) is 20.1 Å². The Morgan fingerprint density at radius 3 is 2.66 bits per heavy atom. The minimum Gasteiger partial charge on any atom is -0.444 e. The number of aryl methyl sites for hydroxylation is 1. The maximum Gasteiger partial charge on any atom is 0.407 e. The van der Waals surface area contributed by atoms with E-state index in [2.05, 4.69) is 36.6 Å². The van der Waals surface area contributed by atoms with E-state index >= 15 is 0 Å². The average Bonchev–Trinajstić information content (AvgIpc) is 3.14. The number of rotatable bonds is 4. The third-order valence-corrected chi connectivity index (χ3v) is 6.16. The van der Waals surface area contributed by atoms with E-state index in [4.69, 9.17) is 10.5 Å². The van der Waals surface area contributed by atoms with Crippen molar-refractivity contribution in [1.29, 1.82) is 0 Å². The SMILES string of the molecule is Cn1ncc(NC(=O)c2nc(Br)sc2N)c1N1CCC(F)C(NC(=O)OC(C)(C)C)CC1. The van der Waals surface area contributed by atoms with E-state index in [1.54, 1.807) is 32.5 Å². The summed E-state index contributed by atoms with van der Waals surface area (Å²) in [5, 5.41) is 9.98. The van der Waals surface area contributed by atoms with Gasteiger partial charge in [0.1, 0.15) is 22.5 Å². The first kappa shape index (κ1) is 24.2. The minimum atomic E-state index is -1.23. The van der Waals surface area contributed by atoms with Crippen LogP contribution in [0.1, 0.15) is 44.1 Å². The van der Waals surface area contributed by atoms with Crippen molar-refractivity contribution in [2.24, 2.45) is 7.05 Å². The number of hydrogen-bond acceptors (Lipinski definition) is 8. The maximum atomic E-state index is 14.8. The van der Waals surface area contributed by atoms with Gasteiger partial charge in [-0.3, -0.25) is 9.48 Å². The summed E-state index contributed by atoms with van der Waals surface area (Å²) in [5.41, 5.74) is 5.79. The van der Waals surface area contributed by atoms with Crippen LogP contribution in [0.2, 0.25) is 0 Å². The van der Waals surface area contributed by atoms with Crippen molar-refractivity contribution in [3.63, 3.8) is 0 Å². The number of nitrogens with two attached hydrogens (primary N) is 1. The van der Waals surface area contributed by atoms with Gasteiger partial charge in [0, 0.05) is 20.1 Å². The number of hydrogen-bond donors (Lipinski definition) is 3. The van der Waals surface area contributed by atoms with Gasteiger partial charge in [0.15, 0.2) is 15.4 Å². The second-order valence-electron chi connectivity index (χ2n) is 8.47. The van der Waals surface area contributed by atoms with E-state index in [0.717, 1.165) is 11.3 Å². The molecule has 3 heterocycles. The van der Waals surface area contributed by atoms with Crippen LogP contribution in [0.4, 0.5) is 25.7 Å². The molecule has 176 valence electrons. The number of alkyl carbamates (subject to hydrolysis) is 1. The number of anilines is 3. The fourth-order valence-corrected chi connectivity index (χ4v) is 4.70. The molecular formula is C19H27BrFN7O3S. The number of thiazole rings is 1. The summed E-state index contributed by atoms with van der Waals surface area (Å²) in [5.74, 6) is 0.178. The molecule has 2 aromatic heterocycles. The molecule has 1 fully saturated rings. The number of nitrogen functional groups attached to an aromatic ring is 1. The molecule has 1 aliphatic rings. The second kappa shape index (κ2) is 9.61. The first-order chi connectivity index (χ1) is 14.9. The Morgan fingerprint density at radius 2 is 2.03 bits per heavy atom. The molecule has 0 radical (unpaired) electrons. The molecule has 2 aromatic rings. The van der Waals surface area contributed by atoms with Gasteiger partial charge in [-0.2, -0.15) is 5.10 Å². The summed E-state index contributed by atoms with van der Waals surface area (Å²) in [7, 11) is 1.74. The van der Waals surface area contributed by atoms with Gasteiger partial charge in [0.25, 0.3) is 5.91 Å². The first-order valence-electron chi connectivity index (χ1n) is 10.1. The molecule has 10 nitrogen and oxygen atoms in total. The summed E-state index contributed by atoms with van der Waals surface area (Å²) in [6.45, 7) is 6.10. The van der Waals surface area contributed by atoms with Crippen LogP contribution in [0.25, 0.3) is 0 Å². The fraction of sp³-hybridized carbons (Fsp3) is 0.579. The van der Waals surface area contributed by atoms with Gasteiger partial charge in [-0.25, -0.2) is 14.2 Å². The monoisotopic (exact) mass is 531 g/mol. The zero-order valence-electron chi connectivity index (χ0n) is 18.3. The molecule has 2 amide bonds. The van der Waals surface area contributed by atoms with Crippen LogP contribution in [0, 0.1) is 0 Å². The number of ether oxygens (including phenoxy) is 1. The van der Waals surface area contributed by atoms with Crippen molar-refractivity contribution in [3.8, 4) is 0 Å². The van der Waals surface area contributed by atoms with Crippen LogP contribution in [-0.2, 0) is 11.8 Å². The van der Waals surface area contributed by atoms with Gasteiger partial charge in [-0.15, -0.1) is 0 Å². The molecule has 1 saturated heterocycles. The summed E-state index contributed by atoms with van der Waals surface area (Å²) in [6.07, 6.45) is 0.222. The van der Waals surface area contributed by atoms with E-state index in [0.29, 0.717) is 39.9 Å². The van der Waals surface area contributed by atoms with Crippen LogP contribution in [0.3, 0.4) is 0 Å². The lowest BCUT2D eigenvalue weighted by atomic mass is 10.1. The number of aromatic nitrogens is 3. The Kier molecular flexibility index (Phi) is 7.28. The lowest BCUT2D eigenvalue weighted by Crippen LogP contribution is -2.44. The highest BCUT2D eigenvalue weighted by Gasteiger charge is 2.31. The molecule has 0 spiro atoms. The van der Waals surface area contributed by atoms with E-state index in [-0.39, 0.29) is 12.1 Å². The minimum absolute atomic E-state index is 0.123. The molecule has 0 bridgehead atoms. The van der Waals surface area contributed by atoms with E-state index in [9.17, 15) is 14.0 Å². The standard InChI is InChI=1S/C19H27BrFN7O3S/c1-19(2,3)31-18(30)25-11-6-8-28(7-5-10(11)21)16-12(9-23-27(16)4)24-15(29)13-14(22)32-17(20)26-13/h9-11H,5-8,22H2,1-4H3,(H,24,29)(H,25,30). The first-order valence-corrected chi connectivity index (χ1v) is 11.7. The molecule has 0 aliphatic carbocycles. The summed E-state index contributed by atoms with van der Waals surface area (Å²) < 4.78 is 22.2. The molecule has 1 aliphatic heterocycles. The lowest BCUT2D eigenvalue weighted by Gasteiger charge is -2.25. The van der Waals surface area contributed by atoms with Crippen LogP contribution >= 0.6 is 27.3 Å². The number of alkyl halides is 1. The quantitative estimate of drug-likeness (QED) is 0.552. The molecule has 13 heteroatoms. The van der Waals surface area contributed by atoms with Crippen LogP contribution in [0.5, 0.6) is 0 Å². The summed E-state index contributed by atoms with van der Waals surface area (Å²) in [4.78, 5) is 30.8. The predicted octanol–water partition coefficient (Wildman–Crippen LogP) is 3.31. The Morgan fingerprint density at radius 1 is 1.34 bits per heavy atom. The van der Waals surface area contributed by atoms with Gasteiger partial charge >= 0.3 is 6.09 Å². The van der Waals surface area contributed by atoms with E-state index in [1.165, 1.54) is 6.20 Å². The molecule has 0 saturated carbocycles. The highest BCUT2D eigenvalue weighted by atomic mass is 79.9. The molecular weight excluding hydrogens is 505 g/mol. The predicted molar refractivity (Wildman–Crippen MR) is 125 cm³/mol. The van der Waals surface area contributed by atoms with Gasteiger partial charge in [0.2, 0.25) is 0 Å². The molecule has 4 N–H and O–H groups in total. The maximum absolute atomic E-state index is 14.8. The number of halogens is 2. The van der Waals surface area contributed by atoms with Crippen molar-refractivity contribution in [2.75, 3.05) is 29.0 Å². The Labute approximate surface area is 197 Å². The highest BCUT2D eigenvalue weighted by Crippen LogP contribution is 2.30. The van der Waals surface area contributed by atoms with Crippen molar-refractivity contribution in [2.45, 2.75) is 51.4 Å². The average molecular weight is 532 g/mol. The van der Waals surface area contributed by atoms with Gasteiger partial charge in [-0.1, -0.05) is 11.3 Å². The zero-order valence-corrected chi connectivity index (χ0v) is 20.7. The smallest absolute Gasteiger partial charge is 0.407 e. The largest absolute Gasteiger partial charge is 0.444 e. The normalized spacial score (nSPS) is 19.4. The molecule has 0 aromatic carbocycles. The van der Waals surface area contributed by atoms with Gasteiger partial charge in [-0.05, 0) is 49.5 Å². The lowest BCUT2D eigenvalue weighted by molar-refractivity contribution is 0.0472. The van der Waals surface area contributed by atoms with Crippen molar-refractivity contribution >= 4 is 55.8 Å². The van der Waals surface area contributed by atoms with E-state index < -0.39 is 29.8 Å². The highest BCUT2D eigenvalue weighted by molar-refractivity contribution is 9.11. The number of nitrogens with zero attached hydrogens (tertiary/aromatic N) is 4. The number of nitrogens with one attached hydrogen (secondary N) is 2. The molecule has 2 atom stereocenters. The number of amides is 2. The topological polar surface area (TPSA) is 127 Å². The van der Waals surface area contributed by atoms with Gasteiger partial charge < -0.3 is 26.0 Å². The van der Waals surface area contributed by atoms with Crippen molar-refractivity contribution in [3.05, 3.63) is 15.8 Å². The number of carbonyl (C=O) groups is 2. The van der Waals surface area contributed by atoms with Crippen molar-refractivity contribution < 1.29 is 18.7 Å². The van der Waals surface area contributed by atoms with Crippen LogP contribution in [0.15, 0.2) is 10.1 Å². The number of carbonyl (C=O) groups excluding carboxylic acids is 2. The molecule has 3 rings (SSSR count). The summed E-state index contributed by atoms with van der Waals surface area (Å²) in [6, 6.07) is -0.673. The third kappa shape index (κ3) is 5.88. The molecule has 2 unspecified atom stereocenters. The van der Waals surface area contributed by atoms with Gasteiger partial charge in [0.05, 0.1) is 12.2 Å². The second-order valence-corrected chi connectivity index (χ2v) is 10.8. The molecule has 32 heavy (non-hydrogen) atoms. The Balaban J connectivity index is 1.71. The van der Waals surface area contributed by atoms with Crippen LogP contribution in [-0.4, -0.2) is 57.7 Å². The summed E-state index contributed by atoms with van der Waals surface area (Å²) >= 11 is 4.38. The third-order valence-electron chi connectivity index (χ3n) is 4.82. The Bertz CT molecular complexity index is 990.